The molecule has 4 heteroatoms. The van der Waals surface area contributed by atoms with E-state index in [2.05, 4.69) is 44.5 Å². The van der Waals surface area contributed by atoms with Gasteiger partial charge in [-0.15, -0.1) is 0 Å². The molecule has 0 unspecified atom stereocenters. The van der Waals surface area contributed by atoms with Gasteiger partial charge in [0.1, 0.15) is 0 Å². The molecule has 1 aromatic heterocycles. The molecule has 0 bridgehead atoms. The standard InChI is InChI=1S/C17H22N4/c1-13-12-14(2)20-17(19-13)18-9-5-10-21-11-8-15-6-3-4-7-16(15)21/h3-4,6-7,12H,5,8-11H2,1-2H3,(H,18,19,20). The van der Waals surface area contributed by atoms with Crippen molar-refractivity contribution in [3.8, 4) is 0 Å². The summed E-state index contributed by atoms with van der Waals surface area (Å²) in [5.74, 6) is 0.745. The van der Waals surface area contributed by atoms with Crippen LogP contribution < -0.4 is 10.2 Å². The lowest BCUT2D eigenvalue weighted by molar-refractivity contribution is 0.769. The van der Waals surface area contributed by atoms with E-state index < -0.39 is 0 Å². The molecule has 2 heterocycles. The van der Waals surface area contributed by atoms with E-state index in [1.54, 1.807) is 0 Å². The van der Waals surface area contributed by atoms with Crippen LogP contribution in [0.4, 0.5) is 11.6 Å². The summed E-state index contributed by atoms with van der Waals surface area (Å²) < 4.78 is 0. The number of hydrogen-bond donors (Lipinski definition) is 1. The van der Waals surface area contributed by atoms with E-state index in [0.29, 0.717) is 0 Å². The Hall–Kier alpha value is -2.10. The van der Waals surface area contributed by atoms with Crippen LogP contribution in [-0.4, -0.2) is 29.6 Å². The van der Waals surface area contributed by atoms with E-state index in [9.17, 15) is 0 Å². The fraction of sp³-hybridized carbons (Fsp3) is 0.412. The molecule has 1 aliphatic heterocycles. The summed E-state index contributed by atoms with van der Waals surface area (Å²) in [5.41, 5.74) is 4.90. The molecule has 0 fully saturated rings. The molecule has 4 nitrogen and oxygen atoms in total. The molecule has 0 saturated heterocycles. The van der Waals surface area contributed by atoms with Crippen molar-refractivity contribution in [3.63, 3.8) is 0 Å². The van der Waals surface area contributed by atoms with Gasteiger partial charge in [-0.1, -0.05) is 18.2 Å². The minimum atomic E-state index is 0.745. The van der Waals surface area contributed by atoms with Crippen molar-refractivity contribution in [2.45, 2.75) is 26.7 Å². The topological polar surface area (TPSA) is 41.1 Å². The van der Waals surface area contributed by atoms with Crippen molar-refractivity contribution in [2.75, 3.05) is 29.9 Å². The van der Waals surface area contributed by atoms with E-state index in [0.717, 1.165) is 43.4 Å². The number of aryl methyl sites for hydroxylation is 2. The molecule has 21 heavy (non-hydrogen) atoms. The second-order valence-corrected chi connectivity index (χ2v) is 5.62. The smallest absolute Gasteiger partial charge is 0.223 e. The summed E-state index contributed by atoms with van der Waals surface area (Å²) in [7, 11) is 0. The molecule has 0 radical (unpaired) electrons. The first-order valence-corrected chi connectivity index (χ1v) is 7.61. The number of nitrogens with zero attached hydrogens (tertiary/aromatic N) is 3. The van der Waals surface area contributed by atoms with Crippen LogP contribution >= 0.6 is 0 Å². The van der Waals surface area contributed by atoms with Crippen molar-refractivity contribution >= 4 is 11.6 Å². The lowest BCUT2D eigenvalue weighted by atomic mass is 10.2. The number of para-hydroxylation sites is 1. The maximum absolute atomic E-state index is 4.40. The van der Waals surface area contributed by atoms with Crippen LogP contribution in [0, 0.1) is 13.8 Å². The highest BCUT2D eigenvalue weighted by Gasteiger charge is 2.17. The van der Waals surface area contributed by atoms with Crippen LogP contribution in [0.2, 0.25) is 0 Å². The Morgan fingerprint density at radius 1 is 1.14 bits per heavy atom. The molecule has 1 aromatic carbocycles. The first-order valence-electron chi connectivity index (χ1n) is 7.61. The van der Waals surface area contributed by atoms with E-state index in [-0.39, 0.29) is 0 Å². The molecular weight excluding hydrogens is 260 g/mol. The van der Waals surface area contributed by atoms with Gasteiger partial charge in [-0.25, -0.2) is 9.97 Å². The van der Waals surface area contributed by atoms with E-state index in [1.165, 1.54) is 17.7 Å². The number of anilines is 2. The highest BCUT2D eigenvalue weighted by molar-refractivity contribution is 5.57. The average Bonchev–Trinajstić information content (AvgIpc) is 2.86. The van der Waals surface area contributed by atoms with Crippen LogP contribution in [0.25, 0.3) is 0 Å². The monoisotopic (exact) mass is 282 g/mol. The summed E-state index contributed by atoms with van der Waals surface area (Å²) in [4.78, 5) is 11.3. The molecule has 0 aliphatic carbocycles. The average molecular weight is 282 g/mol. The minimum Gasteiger partial charge on any atom is -0.371 e. The number of benzene rings is 1. The predicted molar refractivity (Wildman–Crippen MR) is 87.0 cm³/mol. The number of rotatable bonds is 5. The summed E-state index contributed by atoms with van der Waals surface area (Å²) in [6, 6.07) is 10.7. The molecule has 0 atom stereocenters. The SMILES string of the molecule is Cc1cc(C)nc(NCCCN2CCc3ccccc32)n1. The third-order valence-corrected chi connectivity index (χ3v) is 3.85. The third-order valence-electron chi connectivity index (χ3n) is 3.85. The number of aromatic nitrogens is 2. The largest absolute Gasteiger partial charge is 0.371 e. The normalized spacial score (nSPS) is 13.3. The molecular formula is C17H22N4. The van der Waals surface area contributed by atoms with Crippen molar-refractivity contribution in [3.05, 3.63) is 47.3 Å². The van der Waals surface area contributed by atoms with Crippen molar-refractivity contribution in [1.29, 1.82) is 0 Å². The predicted octanol–water partition coefficient (Wildman–Crippen LogP) is 2.96. The number of fused-ring (bicyclic) bond motifs is 1. The Bertz CT molecular complexity index is 604. The van der Waals surface area contributed by atoms with Gasteiger partial charge in [0.15, 0.2) is 0 Å². The van der Waals surface area contributed by atoms with Gasteiger partial charge in [0.25, 0.3) is 0 Å². The van der Waals surface area contributed by atoms with Gasteiger partial charge in [0.2, 0.25) is 5.95 Å². The zero-order valence-corrected chi connectivity index (χ0v) is 12.8. The van der Waals surface area contributed by atoms with E-state index in [4.69, 9.17) is 0 Å². The molecule has 0 spiro atoms. The first-order chi connectivity index (χ1) is 10.2. The second-order valence-electron chi connectivity index (χ2n) is 5.62. The van der Waals surface area contributed by atoms with Crippen LogP contribution in [0.1, 0.15) is 23.4 Å². The highest BCUT2D eigenvalue weighted by Crippen LogP contribution is 2.27. The van der Waals surface area contributed by atoms with Crippen LogP contribution in [-0.2, 0) is 6.42 Å². The van der Waals surface area contributed by atoms with Gasteiger partial charge >= 0.3 is 0 Å². The maximum atomic E-state index is 4.40. The molecule has 110 valence electrons. The lowest BCUT2D eigenvalue weighted by Crippen LogP contribution is -2.23. The van der Waals surface area contributed by atoms with Gasteiger partial charge in [0.05, 0.1) is 0 Å². The summed E-state index contributed by atoms with van der Waals surface area (Å²) in [5, 5.41) is 3.33. The summed E-state index contributed by atoms with van der Waals surface area (Å²) in [6.07, 6.45) is 2.26. The third kappa shape index (κ3) is 3.32. The molecule has 0 saturated carbocycles. The quantitative estimate of drug-likeness (QED) is 0.856. The van der Waals surface area contributed by atoms with Crippen molar-refractivity contribution in [1.82, 2.24) is 9.97 Å². The maximum Gasteiger partial charge on any atom is 0.223 e. The van der Waals surface area contributed by atoms with Gasteiger partial charge in [-0.05, 0) is 44.4 Å². The summed E-state index contributed by atoms with van der Waals surface area (Å²) in [6.45, 7) is 7.12. The molecule has 1 aliphatic rings. The van der Waals surface area contributed by atoms with Crippen LogP contribution in [0.5, 0.6) is 0 Å². The zero-order chi connectivity index (χ0) is 14.7. The number of hydrogen-bond acceptors (Lipinski definition) is 4. The van der Waals surface area contributed by atoms with Crippen LogP contribution in [0.3, 0.4) is 0 Å². The Balaban J connectivity index is 1.49. The number of nitrogens with one attached hydrogen (secondary N) is 1. The molecule has 1 N–H and O–H groups in total. The van der Waals surface area contributed by atoms with Crippen molar-refractivity contribution < 1.29 is 0 Å². The van der Waals surface area contributed by atoms with Gasteiger partial charge < -0.3 is 10.2 Å². The van der Waals surface area contributed by atoms with Crippen molar-refractivity contribution in [2.24, 2.45) is 0 Å². The second kappa shape index (κ2) is 6.12. The first kappa shape index (κ1) is 13.9. The minimum absolute atomic E-state index is 0.745. The van der Waals surface area contributed by atoms with Gasteiger partial charge in [-0.3, -0.25) is 0 Å². The molecule has 3 rings (SSSR count). The van der Waals surface area contributed by atoms with E-state index >= 15 is 0 Å². The summed E-state index contributed by atoms with van der Waals surface area (Å²) >= 11 is 0. The fourth-order valence-electron chi connectivity index (χ4n) is 2.91. The van der Waals surface area contributed by atoms with Gasteiger partial charge in [0, 0.05) is 36.7 Å². The highest BCUT2D eigenvalue weighted by atomic mass is 15.2. The molecule has 0 amide bonds. The Morgan fingerprint density at radius 3 is 2.71 bits per heavy atom. The fourth-order valence-corrected chi connectivity index (χ4v) is 2.91. The zero-order valence-electron chi connectivity index (χ0n) is 12.8. The van der Waals surface area contributed by atoms with Gasteiger partial charge in [-0.2, -0.15) is 0 Å². The Labute approximate surface area is 126 Å². The van der Waals surface area contributed by atoms with E-state index in [1.807, 2.05) is 19.9 Å². The Morgan fingerprint density at radius 2 is 1.90 bits per heavy atom. The Kier molecular flexibility index (Phi) is 4.04. The lowest BCUT2D eigenvalue weighted by Gasteiger charge is -2.19. The van der Waals surface area contributed by atoms with Crippen LogP contribution in [0.15, 0.2) is 30.3 Å². The molecule has 2 aromatic rings.